The number of carbonyl (C=O) groups excluding carboxylic acids is 4. The molecule has 1 aromatic rings. The largest absolute Gasteiger partial charge is 0.472 e. The van der Waals surface area contributed by atoms with Crippen LogP contribution in [0.4, 0.5) is 4.79 Å². The second-order valence-corrected chi connectivity index (χ2v) is 9.36. The van der Waals surface area contributed by atoms with Crippen molar-refractivity contribution in [3.05, 3.63) is 24.2 Å². The summed E-state index contributed by atoms with van der Waals surface area (Å²) in [6.45, 7) is 3.79. The number of cyclic esters (lactones) is 1. The fourth-order valence-electron chi connectivity index (χ4n) is 6.40. The lowest BCUT2D eigenvalue weighted by atomic mass is 9.43. The van der Waals surface area contributed by atoms with Crippen LogP contribution in [0.15, 0.2) is 23.0 Å². The van der Waals surface area contributed by atoms with Crippen molar-refractivity contribution in [3.8, 4) is 0 Å². The van der Waals surface area contributed by atoms with Crippen LogP contribution in [0.1, 0.15) is 51.2 Å². The van der Waals surface area contributed by atoms with E-state index >= 15 is 0 Å². The minimum Gasteiger partial charge on any atom is -0.472 e. The third-order valence-electron chi connectivity index (χ3n) is 7.76. The second-order valence-electron chi connectivity index (χ2n) is 9.36. The molecule has 0 bridgehead atoms. The van der Waals surface area contributed by atoms with E-state index in [1.54, 1.807) is 6.07 Å². The van der Waals surface area contributed by atoms with Gasteiger partial charge in [0.15, 0.2) is 11.9 Å². The molecule has 0 spiro atoms. The molecule has 3 aliphatic rings. The SMILES string of the molecule is COC(=O)[C@@H]1C[C@H](OC(N)=O)C(=O)[C@H]2[C@@]1(C)CC[C@H]1C(=O)O[C@H](c3ccoc3)C[C@]21C. The van der Waals surface area contributed by atoms with E-state index in [4.69, 9.17) is 24.4 Å². The van der Waals surface area contributed by atoms with Crippen molar-refractivity contribution in [2.75, 3.05) is 7.11 Å². The van der Waals surface area contributed by atoms with Gasteiger partial charge in [-0.2, -0.15) is 0 Å². The summed E-state index contributed by atoms with van der Waals surface area (Å²) in [5.74, 6) is -3.05. The first-order valence-electron chi connectivity index (χ1n) is 10.4. The first-order chi connectivity index (χ1) is 14.6. The first kappa shape index (κ1) is 21.4. The van der Waals surface area contributed by atoms with Gasteiger partial charge in [0.05, 0.1) is 31.5 Å². The number of esters is 2. The molecule has 0 radical (unpaired) electrons. The predicted molar refractivity (Wildman–Crippen MR) is 104 cm³/mol. The molecular weight excluding hydrogens is 406 g/mol. The van der Waals surface area contributed by atoms with Crippen molar-refractivity contribution < 1.29 is 37.8 Å². The van der Waals surface area contributed by atoms with Gasteiger partial charge >= 0.3 is 18.0 Å². The molecule has 1 amide bonds. The molecule has 2 aliphatic carbocycles. The number of nitrogens with two attached hydrogens (primary N) is 1. The molecule has 0 unspecified atom stereocenters. The maximum absolute atomic E-state index is 13.7. The lowest BCUT2D eigenvalue weighted by Gasteiger charge is -2.60. The van der Waals surface area contributed by atoms with Crippen LogP contribution >= 0.6 is 0 Å². The molecule has 7 atom stereocenters. The van der Waals surface area contributed by atoms with E-state index in [0.29, 0.717) is 24.8 Å². The van der Waals surface area contributed by atoms with Crippen LogP contribution < -0.4 is 5.73 Å². The highest BCUT2D eigenvalue weighted by atomic mass is 16.6. The highest BCUT2D eigenvalue weighted by Gasteiger charge is 2.67. The number of ketones is 1. The van der Waals surface area contributed by atoms with Crippen LogP contribution in [-0.4, -0.2) is 37.0 Å². The highest BCUT2D eigenvalue weighted by Crippen LogP contribution is 2.65. The standard InChI is InChI=1S/C22H27NO8/c1-21-6-4-12-19(26)30-15(11-5-7-29-10-11)9-22(12,2)17(21)16(24)14(31-20(23)27)8-13(21)18(25)28-3/h5,7,10,12-15,17H,4,6,8-9H2,1-3H3,(H2,23,27)/t12-,13-,14-,15-,17-,21-,22-/m0/s1. The van der Waals surface area contributed by atoms with Crippen molar-refractivity contribution in [1.82, 2.24) is 0 Å². The summed E-state index contributed by atoms with van der Waals surface area (Å²) in [4.78, 5) is 50.9. The zero-order chi connectivity index (χ0) is 22.6. The van der Waals surface area contributed by atoms with E-state index in [-0.39, 0.29) is 18.2 Å². The number of hydrogen-bond donors (Lipinski definition) is 1. The number of fused-ring (bicyclic) bond motifs is 3. The Labute approximate surface area is 179 Å². The number of primary amides is 1. The number of ether oxygens (including phenoxy) is 3. The summed E-state index contributed by atoms with van der Waals surface area (Å²) in [6.07, 6.45) is 1.55. The molecule has 0 aromatic carbocycles. The zero-order valence-corrected chi connectivity index (χ0v) is 17.8. The van der Waals surface area contributed by atoms with Gasteiger partial charge < -0.3 is 24.4 Å². The average Bonchev–Trinajstić information content (AvgIpc) is 3.23. The van der Waals surface area contributed by atoms with Crippen LogP contribution in [0.25, 0.3) is 0 Å². The van der Waals surface area contributed by atoms with Crippen molar-refractivity contribution in [2.45, 2.75) is 51.7 Å². The number of hydrogen-bond acceptors (Lipinski definition) is 8. The smallest absolute Gasteiger partial charge is 0.405 e. The van der Waals surface area contributed by atoms with Gasteiger partial charge in [-0.1, -0.05) is 13.8 Å². The number of carbonyl (C=O) groups is 4. The Morgan fingerprint density at radius 3 is 2.58 bits per heavy atom. The summed E-state index contributed by atoms with van der Waals surface area (Å²) in [5.41, 5.74) is 4.34. The lowest BCUT2D eigenvalue weighted by molar-refractivity contribution is -0.207. The van der Waals surface area contributed by atoms with Gasteiger partial charge in [0.25, 0.3) is 0 Å². The van der Waals surface area contributed by atoms with Gasteiger partial charge in [0.2, 0.25) is 0 Å². The third-order valence-corrected chi connectivity index (χ3v) is 7.76. The molecule has 31 heavy (non-hydrogen) atoms. The summed E-state index contributed by atoms with van der Waals surface area (Å²) >= 11 is 0. The lowest BCUT2D eigenvalue weighted by Crippen LogP contribution is -2.65. The van der Waals surface area contributed by atoms with Gasteiger partial charge in [-0.25, -0.2) is 4.79 Å². The van der Waals surface area contributed by atoms with Crippen LogP contribution in [0.5, 0.6) is 0 Å². The second kappa shape index (κ2) is 7.39. The fraction of sp³-hybridized carbons (Fsp3) is 0.636. The van der Waals surface area contributed by atoms with Gasteiger partial charge in [0.1, 0.15) is 6.10 Å². The van der Waals surface area contributed by atoms with Gasteiger partial charge in [-0.15, -0.1) is 0 Å². The van der Waals surface area contributed by atoms with Gasteiger partial charge in [-0.05, 0) is 36.2 Å². The topological polar surface area (TPSA) is 135 Å². The van der Waals surface area contributed by atoms with Crippen LogP contribution in [0.2, 0.25) is 0 Å². The Hall–Kier alpha value is -2.84. The third kappa shape index (κ3) is 3.21. The molecule has 4 rings (SSSR count). The molecule has 2 saturated carbocycles. The predicted octanol–water partition coefficient (Wildman–Crippen LogP) is 2.53. The maximum Gasteiger partial charge on any atom is 0.405 e. The van der Waals surface area contributed by atoms with E-state index < -0.39 is 52.9 Å². The maximum atomic E-state index is 13.7. The van der Waals surface area contributed by atoms with Crippen LogP contribution in [-0.2, 0) is 28.6 Å². The molecule has 1 saturated heterocycles. The highest BCUT2D eigenvalue weighted by molar-refractivity contribution is 5.93. The van der Waals surface area contributed by atoms with E-state index in [9.17, 15) is 19.2 Å². The Morgan fingerprint density at radius 2 is 1.97 bits per heavy atom. The monoisotopic (exact) mass is 433 g/mol. The normalized spacial score (nSPS) is 39.6. The van der Waals surface area contributed by atoms with Gasteiger partial charge in [0, 0.05) is 17.9 Å². The summed E-state index contributed by atoms with van der Waals surface area (Å²) in [5, 5.41) is 0. The molecule has 9 nitrogen and oxygen atoms in total. The minimum absolute atomic E-state index is 0.0117. The van der Waals surface area contributed by atoms with Crippen LogP contribution in [0, 0.1) is 28.6 Å². The van der Waals surface area contributed by atoms with E-state index in [2.05, 4.69) is 0 Å². The molecule has 2 N–H and O–H groups in total. The number of rotatable bonds is 3. The Bertz CT molecular complexity index is 911. The molecule has 9 heteroatoms. The number of amides is 1. The Morgan fingerprint density at radius 1 is 1.23 bits per heavy atom. The van der Waals surface area contributed by atoms with Crippen molar-refractivity contribution >= 4 is 23.8 Å². The first-order valence-corrected chi connectivity index (χ1v) is 10.4. The van der Waals surface area contributed by atoms with Crippen molar-refractivity contribution in [3.63, 3.8) is 0 Å². The molecule has 1 aliphatic heterocycles. The fourth-order valence-corrected chi connectivity index (χ4v) is 6.40. The summed E-state index contributed by atoms with van der Waals surface area (Å²) in [6, 6.07) is 1.72. The zero-order valence-electron chi connectivity index (χ0n) is 17.8. The van der Waals surface area contributed by atoms with Gasteiger partial charge in [-0.3, -0.25) is 14.4 Å². The number of methoxy groups -OCH3 is 1. The number of Topliss-reactive ketones (excluding diaryl/α,β-unsaturated/α-hetero) is 1. The van der Waals surface area contributed by atoms with E-state index in [1.165, 1.54) is 19.6 Å². The Kier molecular flexibility index (Phi) is 5.10. The van der Waals surface area contributed by atoms with Crippen molar-refractivity contribution in [1.29, 1.82) is 0 Å². The van der Waals surface area contributed by atoms with E-state index in [0.717, 1.165) is 0 Å². The number of furan rings is 1. The van der Waals surface area contributed by atoms with Crippen LogP contribution in [0.3, 0.4) is 0 Å². The average molecular weight is 433 g/mol. The Balaban J connectivity index is 1.80. The molecule has 1 aromatic heterocycles. The van der Waals surface area contributed by atoms with E-state index in [1.807, 2.05) is 13.8 Å². The molecule has 2 heterocycles. The summed E-state index contributed by atoms with van der Waals surface area (Å²) < 4.78 is 21.0. The molecule has 3 fully saturated rings. The molecular formula is C22H27NO8. The van der Waals surface area contributed by atoms with Crippen molar-refractivity contribution in [2.24, 2.45) is 34.3 Å². The molecule has 168 valence electrons. The minimum atomic E-state index is -1.17. The quantitative estimate of drug-likeness (QED) is 0.567. The summed E-state index contributed by atoms with van der Waals surface area (Å²) in [7, 11) is 1.29.